The number of benzene rings is 1. The molecule has 2 amide bonds. The SMILES string of the molecule is CCNC(=O)CN(CC)C(=O)c1csc(-c2ccc(F)cc2)n1. The number of amides is 2. The molecule has 0 bridgehead atoms. The largest absolute Gasteiger partial charge is 0.355 e. The highest BCUT2D eigenvalue weighted by Crippen LogP contribution is 2.24. The first kappa shape index (κ1) is 17.1. The van der Waals surface area contributed by atoms with Gasteiger partial charge >= 0.3 is 0 Å². The Morgan fingerprint density at radius 2 is 1.96 bits per heavy atom. The molecule has 0 spiro atoms. The maximum atomic E-state index is 13.0. The van der Waals surface area contributed by atoms with Gasteiger partial charge in [0.15, 0.2) is 0 Å². The Morgan fingerprint density at radius 3 is 2.57 bits per heavy atom. The third-order valence-corrected chi connectivity index (χ3v) is 4.08. The van der Waals surface area contributed by atoms with Crippen molar-refractivity contribution in [2.24, 2.45) is 0 Å². The van der Waals surface area contributed by atoms with Gasteiger partial charge in [0, 0.05) is 24.0 Å². The first-order valence-corrected chi connectivity index (χ1v) is 8.20. The molecule has 0 radical (unpaired) electrons. The quantitative estimate of drug-likeness (QED) is 0.882. The van der Waals surface area contributed by atoms with Crippen LogP contribution in [0.25, 0.3) is 10.6 Å². The van der Waals surface area contributed by atoms with Crippen molar-refractivity contribution in [2.45, 2.75) is 13.8 Å². The van der Waals surface area contributed by atoms with Crippen molar-refractivity contribution in [1.29, 1.82) is 0 Å². The van der Waals surface area contributed by atoms with Crippen LogP contribution in [0.3, 0.4) is 0 Å². The van der Waals surface area contributed by atoms with Crippen LogP contribution < -0.4 is 5.32 Å². The van der Waals surface area contributed by atoms with Crippen LogP contribution in [0.15, 0.2) is 29.6 Å². The molecule has 0 saturated heterocycles. The Hall–Kier alpha value is -2.28. The van der Waals surface area contributed by atoms with E-state index in [0.29, 0.717) is 23.8 Å². The van der Waals surface area contributed by atoms with Gasteiger partial charge in [0.1, 0.15) is 16.5 Å². The normalized spacial score (nSPS) is 10.4. The lowest BCUT2D eigenvalue weighted by molar-refractivity contribution is -0.121. The van der Waals surface area contributed by atoms with Crippen LogP contribution in [-0.2, 0) is 4.79 Å². The fourth-order valence-corrected chi connectivity index (χ4v) is 2.81. The summed E-state index contributed by atoms with van der Waals surface area (Å²) in [6.45, 7) is 4.58. The second-order valence-electron chi connectivity index (χ2n) is 4.82. The van der Waals surface area contributed by atoms with Gasteiger partial charge in [0.05, 0.1) is 6.54 Å². The fraction of sp³-hybridized carbons (Fsp3) is 0.312. The molecule has 0 atom stereocenters. The van der Waals surface area contributed by atoms with E-state index in [1.165, 1.54) is 28.4 Å². The van der Waals surface area contributed by atoms with Gasteiger partial charge in [-0.3, -0.25) is 9.59 Å². The minimum atomic E-state index is -0.319. The van der Waals surface area contributed by atoms with Gasteiger partial charge in [-0.15, -0.1) is 11.3 Å². The van der Waals surface area contributed by atoms with Crippen molar-refractivity contribution >= 4 is 23.2 Å². The van der Waals surface area contributed by atoms with Crippen LogP contribution in [-0.4, -0.2) is 41.3 Å². The third kappa shape index (κ3) is 4.35. The minimum absolute atomic E-state index is 0.00653. The molecule has 23 heavy (non-hydrogen) atoms. The lowest BCUT2D eigenvalue weighted by Gasteiger charge is -2.18. The standard InChI is InChI=1S/C16H18FN3O2S/c1-3-18-14(21)9-20(4-2)16(22)13-10-23-15(19-13)11-5-7-12(17)8-6-11/h5-8,10H,3-4,9H2,1-2H3,(H,18,21). The zero-order valence-corrected chi connectivity index (χ0v) is 13.8. The summed E-state index contributed by atoms with van der Waals surface area (Å²) in [6.07, 6.45) is 0. The van der Waals surface area contributed by atoms with E-state index in [2.05, 4.69) is 10.3 Å². The summed E-state index contributed by atoms with van der Waals surface area (Å²) in [4.78, 5) is 29.8. The Morgan fingerprint density at radius 1 is 1.26 bits per heavy atom. The fourth-order valence-electron chi connectivity index (χ4n) is 2.01. The summed E-state index contributed by atoms with van der Waals surface area (Å²) in [5.74, 6) is -0.805. The number of hydrogen-bond acceptors (Lipinski definition) is 4. The van der Waals surface area contributed by atoms with Gasteiger partial charge < -0.3 is 10.2 Å². The zero-order chi connectivity index (χ0) is 16.8. The molecule has 5 nitrogen and oxygen atoms in total. The summed E-state index contributed by atoms with van der Waals surface area (Å²) in [7, 11) is 0. The van der Waals surface area contributed by atoms with Crippen molar-refractivity contribution in [3.63, 3.8) is 0 Å². The van der Waals surface area contributed by atoms with Crippen LogP contribution >= 0.6 is 11.3 Å². The molecular formula is C16H18FN3O2S. The molecule has 0 fully saturated rings. The first-order chi connectivity index (χ1) is 11.0. The van der Waals surface area contributed by atoms with Gasteiger partial charge in [-0.2, -0.15) is 0 Å². The van der Waals surface area contributed by atoms with Crippen molar-refractivity contribution in [3.05, 3.63) is 41.2 Å². The molecule has 7 heteroatoms. The average Bonchev–Trinajstić information content (AvgIpc) is 3.03. The van der Waals surface area contributed by atoms with Gasteiger partial charge in [0.25, 0.3) is 5.91 Å². The summed E-state index contributed by atoms with van der Waals surface area (Å²) in [6, 6.07) is 5.95. The number of thiazole rings is 1. The maximum absolute atomic E-state index is 13.0. The molecule has 0 aliphatic carbocycles. The third-order valence-electron chi connectivity index (χ3n) is 3.19. The van der Waals surface area contributed by atoms with Crippen molar-refractivity contribution in [2.75, 3.05) is 19.6 Å². The number of nitrogens with zero attached hydrogens (tertiary/aromatic N) is 2. The molecule has 1 aromatic carbocycles. The van der Waals surface area contributed by atoms with E-state index >= 15 is 0 Å². The number of rotatable bonds is 6. The van der Waals surface area contributed by atoms with Crippen molar-refractivity contribution in [3.8, 4) is 10.6 Å². The Bertz CT molecular complexity index is 685. The molecule has 0 saturated carbocycles. The predicted molar refractivity (Wildman–Crippen MR) is 87.8 cm³/mol. The van der Waals surface area contributed by atoms with Crippen LogP contribution in [0, 0.1) is 5.82 Å². The second-order valence-corrected chi connectivity index (χ2v) is 5.68. The topological polar surface area (TPSA) is 62.3 Å². The monoisotopic (exact) mass is 335 g/mol. The summed E-state index contributed by atoms with van der Waals surface area (Å²) in [5, 5.41) is 4.96. The maximum Gasteiger partial charge on any atom is 0.273 e. The molecule has 2 rings (SSSR count). The highest BCUT2D eigenvalue weighted by Gasteiger charge is 2.20. The molecule has 0 unspecified atom stereocenters. The number of carbonyl (C=O) groups is 2. The van der Waals surface area contributed by atoms with Crippen LogP contribution in [0.2, 0.25) is 0 Å². The van der Waals surface area contributed by atoms with Gasteiger partial charge in [-0.1, -0.05) is 0 Å². The van der Waals surface area contributed by atoms with E-state index in [9.17, 15) is 14.0 Å². The van der Waals surface area contributed by atoms with Gasteiger partial charge in [-0.25, -0.2) is 9.37 Å². The van der Waals surface area contributed by atoms with Crippen LogP contribution in [0.1, 0.15) is 24.3 Å². The lowest BCUT2D eigenvalue weighted by atomic mass is 10.2. The van der Waals surface area contributed by atoms with Crippen molar-refractivity contribution < 1.29 is 14.0 Å². The number of nitrogens with one attached hydrogen (secondary N) is 1. The van der Waals surface area contributed by atoms with Crippen LogP contribution in [0.4, 0.5) is 4.39 Å². The van der Waals surface area contributed by atoms with E-state index in [1.807, 2.05) is 13.8 Å². The summed E-state index contributed by atoms with van der Waals surface area (Å²) in [5.41, 5.74) is 1.04. The number of hydrogen-bond donors (Lipinski definition) is 1. The Labute approximate surface area is 138 Å². The molecular weight excluding hydrogens is 317 g/mol. The average molecular weight is 335 g/mol. The Kier molecular flexibility index (Phi) is 5.81. The minimum Gasteiger partial charge on any atom is -0.355 e. The van der Waals surface area contributed by atoms with E-state index in [0.717, 1.165) is 5.56 Å². The molecule has 2 aromatic rings. The molecule has 0 aliphatic rings. The second kappa shape index (κ2) is 7.82. The van der Waals surface area contributed by atoms with Gasteiger partial charge in [0.2, 0.25) is 5.91 Å². The smallest absolute Gasteiger partial charge is 0.273 e. The highest BCUT2D eigenvalue weighted by molar-refractivity contribution is 7.13. The predicted octanol–water partition coefficient (Wildman–Crippen LogP) is 2.55. The van der Waals surface area contributed by atoms with E-state index in [1.54, 1.807) is 17.5 Å². The highest BCUT2D eigenvalue weighted by atomic mass is 32.1. The van der Waals surface area contributed by atoms with E-state index in [4.69, 9.17) is 0 Å². The molecule has 0 aliphatic heterocycles. The number of carbonyl (C=O) groups excluding carboxylic acids is 2. The number of halogens is 1. The first-order valence-electron chi connectivity index (χ1n) is 7.32. The van der Waals surface area contributed by atoms with Crippen LogP contribution in [0.5, 0.6) is 0 Å². The molecule has 1 N–H and O–H groups in total. The summed E-state index contributed by atoms with van der Waals surface area (Å²) >= 11 is 1.31. The van der Waals surface area contributed by atoms with Crippen molar-refractivity contribution in [1.82, 2.24) is 15.2 Å². The number of likely N-dealkylation sites (N-methyl/N-ethyl adjacent to an activating group) is 2. The molecule has 1 aromatic heterocycles. The van der Waals surface area contributed by atoms with E-state index in [-0.39, 0.29) is 24.2 Å². The number of aromatic nitrogens is 1. The molecule has 122 valence electrons. The van der Waals surface area contributed by atoms with E-state index < -0.39 is 0 Å². The van der Waals surface area contributed by atoms with Gasteiger partial charge in [-0.05, 0) is 38.1 Å². The Balaban J connectivity index is 2.13. The molecule has 1 heterocycles. The summed E-state index contributed by atoms with van der Waals surface area (Å²) < 4.78 is 13.0. The lowest BCUT2D eigenvalue weighted by Crippen LogP contribution is -2.40. The zero-order valence-electron chi connectivity index (χ0n) is 13.0.